The van der Waals surface area contributed by atoms with E-state index in [2.05, 4.69) is 27.9 Å². The Kier molecular flexibility index (Phi) is 20.8. The fourth-order valence-electron chi connectivity index (χ4n) is 7.50. The fraction of sp³-hybridized carbons (Fsp3) is 0.458. The Balaban J connectivity index is 0.000000259. The van der Waals surface area contributed by atoms with Gasteiger partial charge in [-0.15, -0.1) is 0 Å². The molecule has 2 aliphatic heterocycles. The van der Waals surface area contributed by atoms with Crippen LogP contribution in [0, 0.1) is 11.8 Å². The highest BCUT2D eigenvalue weighted by atomic mass is 79.9. The highest BCUT2D eigenvalue weighted by molar-refractivity contribution is 9.09. The van der Waals surface area contributed by atoms with Crippen LogP contribution in [0.3, 0.4) is 0 Å². The molecule has 0 aliphatic carbocycles. The number of likely N-dealkylation sites (tertiary alicyclic amines) is 2. The lowest BCUT2D eigenvalue weighted by Crippen LogP contribution is -2.46. The van der Waals surface area contributed by atoms with E-state index in [-0.39, 0.29) is 48.2 Å². The van der Waals surface area contributed by atoms with E-state index >= 15 is 0 Å². The summed E-state index contributed by atoms with van der Waals surface area (Å²) in [6.07, 6.45) is 5.29. The van der Waals surface area contributed by atoms with Crippen molar-refractivity contribution in [3.05, 3.63) is 132 Å². The maximum atomic E-state index is 14.7. The first-order valence-corrected chi connectivity index (χ1v) is 21.5. The van der Waals surface area contributed by atoms with Crippen molar-refractivity contribution >= 4 is 39.1 Å². The van der Waals surface area contributed by atoms with Crippen molar-refractivity contribution in [2.75, 3.05) is 68.0 Å². The number of anilines is 2. The van der Waals surface area contributed by atoms with Crippen LogP contribution < -0.4 is 9.80 Å². The van der Waals surface area contributed by atoms with E-state index in [1.165, 1.54) is 43.7 Å². The summed E-state index contributed by atoms with van der Waals surface area (Å²) in [5.41, 5.74) is 2.02. The molecule has 11 heteroatoms. The van der Waals surface area contributed by atoms with Crippen molar-refractivity contribution in [3.8, 4) is 0 Å². The molecular formula is C48H63BrF4N4O2. The van der Waals surface area contributed by atoms with Crippen molar-refractivity contribution in [2.24, 2.45) is 11.8 Å². The van der Waals surface area contributed by atoms with E-state index < -0.39 is 11.8 Å². The minimum absolute atomic E-state index is 0. The molecule has 0 saturated carbocycles. The topological polar surface area (TPSA) is 47.1 Å². The van der Waals surface area contributed by atoms with Gasteiger partial charge in [0.25, 0.3) is 11.8 Å². The quantitative estimate of drug-likeness (QED) is 0.0991. The molecule has 0 unspecified atom stereocenters. The molecule has 2 heterocycles. The number of rotatable bonds is 13. The van der Waals surface area contributed by atoms with Gasteiger partial charge in [0, 0.05) is 61.5 Å². The monoisotopic (exact) mass is 882 g/mol. The van der Waals surface area contributed by atoms with E-state index in [1.807, 2.05) is 89.2 Å². The predicted octanol–water partition coefficient (Wildman–Crippen LogP) is 11.5. The summed E-state index contributed by atoms with van der Waals surface area (Å²) in [5.74, 6) is -4.55. The van der Waals surface area contributed by atoms with Gasteiger partial charge in [-0.3, -0.25) is 14.5 Å². The molecule has 4 aromatic carbocycles. The summed E-state index contributed by atoms with van der Waals surface area (Å²) in [4.78, 5) is 32.6. The highest BCUT2D eigenvalue weighted by Gasteiger charge is 2.36. The molecule has 4 aromatic rings. The maximum Gasteiger partial charge on any atom is 0.285 e. The van der Waals surface area contributed by atoms with Crippen molar-refractivity contribution in [1.29, 1.82) is 0 Å². The molecule has 2 amide bonds. The Morgan fingerprint density at radius 3 is 1.42 bits per heavy atom. The lowest BCUT2D eigenvalue weighted by molar-refractivity contribution is -0.119. The number of amides is 2. The number of carbonyl (C=O) groups is 2. The summed E-state index contributed by atoms with van der Waals surface area (Å²) < 4.78 is 55.0. The van der Waals surface area contributed by atoms with Crippen LogP contribution in [0.15, 0.2) is 121 Å². The Hall–Kier alpha value is -4.06. The Bertz CT molecular complexity index is 1770. The zero-order valence-corrected chi connectivity index (χ0v) is 35.7. The molecule has 0 aromatic heterocycles. The second-order valence-corrected chi connectivity index (χ2v) is 15.7. The number of carbonyl (C=O) groups excluding carboxylic acids is 2. The molecule has 0 N–H and O–H groups in total. The molecule has 2 fully saturated rings. The van der Waals surface area contributed by atoms with Crippen molar-refractivity contribution < 1.29 is 27.2 Å². The van der Waals surface area contributed by atoms with Gasteiger partial charge >= 0.3 is 0 Å². The number of piperidine rings is 2. The van der Waals surface area contributed by atoms with Crippen LogP contribution in [-0.2, 0) is 21.4 Å². The third-order valence-corrected chi connectivity index (χ3v) is 11.2. The van der Waals surface area contributed by atoms with Crippen LogP contribution in [0.4, 0.5) is 28.9 Å². The first-order valence-electron chi connectivity index (χ1n) is 20.4. The summed E-state index contributed by atoms with van der Waals surface area (Å²) >= 11 is 2.76. The minimum atomic E-state index is -2.87. The molecule has 2 atom stereocenters. The molecule has 6 nitrogen and oxygen atoms in total. The van der Waals surface area contributed by atoms with Crippen LogP contribution in [0.25, 0.3) is 0 Å². The van der Waals surface area contributed by atoms with Gasteiger partial charge in [-0.05, 0) is 81.9 Å². The molecule has 59 heavy (non-hydrogen) atoms. The Morgan fingerprint density at radius 2 is 1.02 bits per heavy atom. The molecule has 2 aliphatic rings. The molecular weight excluding hydrogens is 820 g/mol. The van der Waals surface area contributed by atoms with Crippen molar-refractivity contribution in [2.45, 2.75) is 71.6 Å². The van der Waals surface area contributed by atoms with Gasteiger partial charge < -0.3 is 14.7 Å². The molecule has 6 rings (SSSR count). The maximum absolute atomic E-state index is 14.7. The zero-order chi connectivity index (χ0) is 42.0. The van der Waals surface area contributed by atoms with Gasteiger partial charge in [0.15, 0.2) is 0 Å². The molecule has 0 spiro atoms. The Labute approximate surface area is 358 Å². The average Bonchev–Trinajstić information content (AvgIpc) is 3.26. The average molecular weight is 884 g/mol. The molecule has 0 bridgehead atoms. The highest BCUT2D eigenvalue weighted by Crippen LogP contribution is 2.32. The van der Waals surface area contributed by atoms with Gasteiger partial charge in [-0.2, -0.15) is 8.78 Å². The molecule has 0 radical (unpaired) electrons. The normalized spacial score (nSPS) is 17.2. The van der Waals surface area contributed by atoms with E-state index in [9.17, 15) is 27.2 Å². The van der Waals surface area contributed by atoms with Crippen LogP contribution in [0.5, 0.6) is 0 Å². The van der Waals surface area contributed by atoms with Crippen LogP contribution in [0.1, 0.15) is 70.9 Å². The van der Waals surface area contributed by atoms with Gasteiger partial charge in [0.1, 0.15) is 0 Å². The Morgan fingerprint density at radius 1 is 0.627 bits per heavy atom. The summed E-state index contributed by atoms with van der Waals surface area (Å²) in [5, 5.41) is -0.329. The van der Waals surface area contributed by atoms with Crippen molar-refractivity contribution in [3.63, 3.8) is 0 Å². The number of hydrogen-bond acceptors (Lipinski definition) is 4. The molecule has 322 valence electrons. The minimum Gasteiger partial charge on any atom is -0.312 e. The summed E-state index contributed by atoms with van der Waals surface area (Å²) in [6.45, 7) is 8.47. The molecule has 2 saturated heterocycles. The third-order valence-electron chi connectivity index (χ3n) is 10.5. The van der Waals surface area contributed by atoms with E-state index in [1.54, 1.807) is 36.4 Å². The first-order chi connectivity index (χ1) is 27.9. The van der Waals surface area contributed by atoms with Gasteiger partial charge in [0.2, 0.25) is 11.8 Å². The smallest absolute Gasteiger partial charge is 0.285 e. The zero-order valence-electron chi connectivity index (χ0n) is 34.1. The number of nitrogens with zero attached hydrogens (tertiary/aromatic N) is 4. The summed E-state index contributed by atoms with van der Waals surface area (Å²) in [7, 11) is 2.17. The van der Waals surface area contributed by atoms with Gasteiger partial charge in [-0.25, -0.2) is 8.78 Å². The van der Waals surface area contributed by atoms with E-state index in [0.717, 1.165) is 37.3 Å². The van der Waals surface area contributed by atoms with Crippen LogP contribution in [0.2, 0.25) is 0 Å². The SMILES string of the molecule is C.CCC(=O)N(C[C@@H]1CCCN(C)C1)c1ccccc1.CCC(=O)N(C[C@@H]1CCCN(CC(F)(F)c2ccccc2)C1)c1ccccc1.FC(F)(CBr)c1ccccc1. The number of hydrogen-bond donors (Lipinski definition) is 0. The van der Waals surface area contributed by atoms with Crippen LogP contribution in [-0.4, -0.2) is 79.8 Å². The number of para-hydroxylation sites is 2. The largest absolute Gasteiger partial charge is 0.312 e. The second kappa shape index (κ2) is 24.9. The fourth-order valence-corrected chi connectivity index (χ4v) is 7.82. The van der Waals surface area contributed by atoms with E-state index in [4.69, 9.17) is 0 Å². The summed E-state index contributed by atoms with van der Waals surface area (Å²) in [6, 6.07) is 35.4. The number of alkyl halides is 5. The third kappa shape index (κ3) is 15.8. The van der Waals surface area contributed by atoms with Gasteiger partial charge in [-0.1, -0.05) is 134 Å². The standard InChI is InChI=1S/C23H28F2N2O.C16H24N2O.C8H7BrF2.CH4/c1-2-22(28)27(21-13-7-4-8-14-21)17-19-10-9-15-26(16-19)18-23(24,25)20-11-5-3-6-12-20;1-3-16(19)18(15-9-5-4-6-10-15)13-14-8-7-11-17(2)12-14;9-6-8(10,11)7-4-2-1-3-5-7;/h3-8,11-14,19H,2,9-10,15-18H2,1H3;4-6,9-10,14H,3,7-8,11-13H2,1-2H3;1-5H,6H2;1H4/t19-;14-;;/m11../s1. The lowest BCUT2D eigenvalue weighted by atomic mass is 9.96. The van der Waals surface area contributed by atoms with E-state index in [0.29, 0.717) is 38.4 Å². The number of benzene rings is 4. The van der Waals surface area contributed by atoms with Crippen LogP contribution >= 0.6 is 15.9 Å². The lowest BCUT2D eigenvalue weighted by Gasteiger charge is -2.37. The second-order valence-electron chi connectivity index (χ2n) is 15.2. The first kappa shape index (κ1) is 49.3. The number of halogens is 5. The van der Waals surface area contributed by atoms with Gasteiger partial charge in [0.05, 0.1) is 11.9 Å². The van der Waals surface area contributed by atoms with Crippen molar-refractivity contribution in [1.82, 2.24) is 9.80 Å². The predicted molar refractivity (Wildman–Crippen MR) is 239 cm³/mol.